The van der Waals surface area contributed by atoms with Crippen molar-refractivity contribution >= 4 is 93.8 Å². The quantitative estimate of drug-likeness (QED) is 0.178. The minimum atomic E-state index is 0.537. The van der Waals surface area contributed by atoms with Crippen molar-refractivity contribution in [3.63, 3.8) is 0 Å². The number of anilines is 3. The zero-order valence-electron chi connectivity index (χ0n) is 29.3. The molecule has 0 saturated carbocycles. The van der Waals surface area contributed by atoms with Crippen molar-refractivity contribution < 1.29 is 13.3 Å². The molecule has 8 aromatic carbocycles. The molecule has 4 heterocycles. The minimum Gasteiger partial charge on any atom is -0.456 e. The van der Waals surface area contributed by atoms with Crippen molar-refractivity contribution in [2.45, 2.75) is 0 Å². The summed E-state index contributed by atoms with van der Waals surface area (Å²) < 4.78 is 22.5. The van der Waals surface area contributed by atoms with Crippen molar-refractivity contribution in [1.29, 1.82) is 0 Å². The maximum absolute atomic E-state index is 6.84. The van der Waals surface area contributed by atoms with E-state index in [0.717, 1.165) is 93.9 Å². The summed E-state index contributed by atoms with van der Waals surface area (Å²) >= 11 is 0. The Morgan fingerprint density at radius 1 is 0.436 bits per heavy atom. The largest absolute Gasteiger partial charge is 0.456 e. The molecule has 0 aliphatic rings. The lowest BCUT2D eigenvalue weighted by molar-refractivity contribution is 0.617. The van der Waals surface area contributed by atoms with Crippen molar-refractivity contribution in [2.24, 2.45) is 0 Å². The molecule has 0 aliphatic heterocycles. The van der Waals surface area contributed by atoms with Crippen molar-refractivity contribution in [1.82, 2.24) is 9.55 Å². The van der Waals surface area contributed by atoms with Gasteiger partial charge in [-0.2, -0.15) is 0 Å². The van der Waals surface area contributed by atoms with E-state index in [4.69, 9.17) is 18.2 Å². The van der Waals surface area contributed by atoms with Crippen LogP contribution in [-0.4, -0.2) is 9.55 Å². The van der Waals surface area contributed by atoms with Gasteiger partial charge in [-0.1, -0.05) is 109 Å². The summed E-state index contributed by atoms with van der Waals surface area (Å²) in [6.45, 7) is 0. The molecule has 12 rings (SSSR count). The van der Waals surface area contributed by atoms with Gasteiger partial charge in [-0.25, -0.2) is 4.98 Å². The predicted molar refractivity (Wildman–Crippen MR) is 223 cm³/mol. The molecule has 55 heavy (non-hydrogen) atoms. The standard InChI is InChI=1S/C49H29N3O3/c1-3-15-30(16-4-1)49-50-46-43(55-49)29-42-45(35-21-9-12-28-41(35)53-42)47(46)52(39-26-13-22-33-32-19-8-11-27-40(32)54-48(33)39)38-25-14-24-37-44(38)34-20-7-10-23-36(34)51(37)31-17-5-2-6-18-31/h1-29H. The fourth-order valence-electron chi connectivity index (χ4n) is 8.49. The highest BCUT2D eigenvalue weighted by Crippen LogP contribution is 2.52. The van der Waals surface area contributed by atoms with E-state index in [1.54, 1.807) is 0 Å². The summed E-state index contributed by atoms with van der Waals surface area (Å²) in [4.78, 5) is 7.66. The number of para-hydroxylation sites is 5. The van der Waals surface area contributed by atoms with E-state index in [2.05, 4.69) is 125 Å². The summed E-state index contributed by atoms with van der Waals surface area (Å²) in [5.74, 6) is 0.537. The molecule has 0 N–H and O–H groups in total. The molecular formula is C49H29N3O3. The van der Waals surface area contributed by atoms with Crippen LogP contribution >= 0.6 is 0 Å². The fourth-order valence-corrected chi connectivity index (χ4v) is 8.49. The third-order valence-electron chi connectivity index (χ3n) is 10.8. The Morgan fingerprint density at radius 3 is 1.91 bits per heavy atom. The maximum atomic E-state index is 6.84. The van der Waals surface area contributed by atoms with Gasteiger partial charge in [0.1, 0.15) is 22.3 Å². The highest BCUT2D eigenvalue weighted by molar-refractivity contribution is 6.25. The number of rotatable bonds is 5. The molecule has 6 heteroatoms. The van der Waals surface area contributed by atoms with Gasteiger partial charge in [-0.3, -0.25) is 0 Å². The van der Waals surface area contributed by atoms with E-state index >= 15 is 0 Å². The Kier molecular flexibility index (Phi) is 6.24. The van der Waals surface area contributed by atoms with Crippen LogP contribution in [-0.2, 0) is 0 Å². The predicted octanol–water partition coefficient (Wildman–Crippen LogP) is 13.9. The Morgan fingerprint density at radius 2 is 1.07 bits per heavy atom. The lowest BCUT2D eigenvalue weighted by Crippen LogP contribution is -2.12. The molecular weight excluding hydrogens is 679 g/mol. The summed E-state index contributed by atoms with van der Waals surface area (Å²) in [5.41, 5.74) is 11.3. The topological polar surface area (TPSA) is 60.5 Å². The number of aromatic nitrogens is 2. The molecule has 0 aliphatic carbocycles. The van der Waals surface area contributed by atoms with Crippen LogP contribution in [0.5, 0.6) is 0 Å². The molecule has 4 aromatic heterocycles. The van der Waals surface area contributed by atoms with E-state index in [-0.39, 0.29) is 0 Å². The number of fused-ring (bicyclic) bond motifs is 10. The van der Waals surface area contributed by atoms with Crippen molar-refractivity contribution in [2.75, 3.05) is 4.90 Å². The fraction of sp³-hybridized carbons (Fsp3) is 0. The number of oxazole rings is 1. The normalized spacial score (nSPS) is 12.0. The minimum absolute atomic E-state index is 0.537. The van der Waals surface area contributed by atoms with Crippen LogP contribution in [0.25, 0.3) is 93.9 Å². The molecule has 0 amide bonds. The summed E-state index contributed by atoms with van der Waals surface area (Å²) in [6.07, 6.45) is 0. The van der Waals surface area contributed by atoms with Crippen LogP contribution in [0.3, 0.4) is 0 Å². The lowest BCUT2D eigenvalue weighted by atomic mass is 10.0. The molecule has 0 atom stereocenters. The monoisotopic (exact) mass is 707 g/mol. The SMILES string of the molecule is c1ccc(-c2nc3c(N(c4cccc5c4oc4ccccc45)c4cccc5c4c4ccccc4n5-c4ccccc4)c4c(cc3o2)oc2ccccc24)cc1. The van der Waals surface area contributed by atoms with Crippen LogP contribution in [0.4, 0.5) is 17.1 Å². The average molecular weight is 708 g/mol. The maximum Gasteiger partial charge on any atom is 0.227 e. The highest BCUT2D eigenvalue weighted by Gasteiger charge is 2.30. The third-order valence-corrected chi connectivity index (χ3v) is 10.8. The third kappa shape index (κ3) is 4.33. The van der Waals surface area contributed by atoms with Gasteiger partial charge < -0.3 is 22.7 Å². The average Bonchev–Trinajstić information content (AvgIpc) is 4.02. The number of hydrogen-bond acceptors (Lipinski definition) is 5. The number of furan rings is 2. The number of nitrogens with zero attached hydrogens (tertiary/aromatic N) is 3. The van der Waals surface area contributed by atoms with Crippen LogP contribution in [0.2, 0.25) is 0 Å². The molecule has 0 saturated heterocycles. The zero-order chi connectivity index (χ0) is 36.0. The van der Waals surface area contributed by atoms with Crippen molar-refractivity contribution in [3.8, 4) is 17.1 Å². The second-order valence-corrected chi connectivity index (χ2v) is 13.9. The Labute approximate surface area is 313 Å². The number of benzene rings is 8. The van der Waals surface area contributed by atoms with Gasteiger partial charge in [0.25, 0.3) is 0 Å². The number of hydrogen-bond donors (Lipinski definition) is 0. The van der Waals surface area contributed by atoms with E-state index in [1.165, 1.54) is 0 Å². The van der Waals surface area contributed by atoms with Gasteiger partial charge >= 0.3 is 0 Å². The molecule has 0 fully saturated rings. The van der Waals surface area contributed by atoms with Crippen LogP contribution in [0.1, 0.15) is 0 Å². The molecule has 12 aromatic rings. The van der Waals surface area contributed by atoms with Crippen LogP contribution in [0.15, 0.2) is 189 Å². The summed E-state index contributed by atoms with van der Waals surface area (Å²) in [7, 11) is 0. The Bertz CT molecular complexity index is 3440. The lowest BCUT2D eigenvalue weighted by Gasteiger charge is -2.27. The highest BCUT2D eigenvalue weighted by atomic mass is 16.4. The van der Waals surface area contributed by atoms with Gasteiger partial charge in [0.2, 0.25) is 5.89 Å². The molecule has 0 bridgehead atoms. The first kappa shape index (κ1) is 29.9. The van der Waals surface area contributed by atoms with E-state index in [0.29, 0.717) is 17.1 Å². The van der Waals surface area contributed by atoms with Crippen molar-refractivity contribution in [3.05, 3.63) is 176 Å². The molecule has 0 spiro atoms. The van der Waals surface area contributed by atoms with Crippen LogP contribution in [0, 0.1) is 0 Å². The molecule has 0 unspecified atom stereocenters. The van der Waals surface area contributed by atoms with Crippen LogP contribution < -0.4 is 4.90 Å². The van der Waals surface area contributed by atoms with E-state index in [1.807, 2.05) is 60.7 Å². The smallest absolute Gasteiger partial charge is 0.227 e. The summed E-state index contributed by atoms with van der Waals surface area (Å²) in [6, 6.07) is 60.6. The zero-order valence-corrected chi connectivity index (χ0v) is 29.3. The first-order chi connectivity index (χ1) is 27.3. The second-order valence-electron chi connectivity index (χ2n) is 13.9. The van der Waals surface area contributed by atoms with E-state index in [9.17, 15) is 0 Å². The van der Waals surface area contributed by atoms with Gasteiger partial charge in [-0.05, 0) is 60.7 Å². The van der Waals surface area contributed by atoms with Gasteiger partial charge in [0, 0.05) is 44.2 Å². The van der Waals surface area contributed by atoms with Gasteiger partial charge in [0.05, 0.1) is 33.5 Å². The van der Waals surface area contributed by atoms with E-state index < -0.39 is 0 Å². The second kappa shape index (κ2) is 11.5. The first-order valence-electron chi connectivity index (χ1n) is 18.4. The Hall–Kier alpha value is -7.57. The molecule has 258 valence electrons. The molecule has 0 radical (unpaired) electrons. The Balaban J connectivity index is 1.29. The van der Waals surface area contributed by atoms with Gasteiger partial charge in [0.15, 0.2) is 11.2 Å². The first-order valence-corrected chi connectivity index (χ1v) is 18.4. The summed E-state index contributed by atoms with van der Waals surface area (Å²) in [5, 5.41) is 6.24. The van der Waals surface area contributed by atoms with Gasteiger partial charge in [-0.15, -0.1) is 0 Å². The molecule has 6 nitrogen and oxygen atoms in total.